The van der Waals surface area contributed by atoms with E-state index in [-0.39, 0.29) is 11.9 Å². The van der Waals surface area contributed by atoms with E-state index in [1.807, 2.05) is 0 Å². The van der Waals surface area contributed by atoms with Crippen LogP contribution in [0.1, 0.15) is 41.4 Å². The Bertz CT molecular complexity index is 1210. The summed E-state index contributed by atoms with van der Waals surface area (Å²) in [4.78, 5) is 44.0. The largest absolute Gasteiger partial charge is 0.332 e. The highest BCUT2D eigenvalue weighted by molar-refractivity contribution is 5.94. The van der Waals surface area contributed by atoms with Gasteiger partial charge in [-0.3, -0.25) is 18.7 Å². The van der Waals surface area contributed by atoms with Gasteiger partial charge in [-0.1, -0.05) is 0 Å². The van der Waals surface area contributed by atoms with Crippen molar-refractivity contribution in [2.24, 2.45) is 14.1 Å². The van der Waals surface area contributed by atoms with Crippen molar-refractivity contribution in [3.63, 3.8) is 0 Å². The fourth-order valence-electron chi connectivity index (χ4n) is 3.89. The maximum absolute atomic E-state index is 13.2. The van der Waals surface area contributed by atoms with Gasteiger partial charge in [0.15, 0.2) is 0 Å². The summed E-state index contributed by atoms with van der Waals surface area (Å²) in [5, 5.41) is 0.352. The van der Waals surface area contributed by atoms with Crippen LogP contribution in [0.3, 0.4) is 0 Å². The number of hydrogen-bond acceptors (Lipinski definition) is 4. The Balaban J connectivity index is 1.78. The summed E-state index contributed by atoms with van der Waals surface area (Å²) in [7, 11) is 3.01. The normalized spacial score (nSPS) is 16.9. The summed E-state index contributed by atoms with van der Waals surface area (Å²) in [6.07, 6.45) is 2.54. The Hall–Kier alpha value is -3.29. The summed E-state index contributed by atoms with van der Waals surface area (Å²) in [6.45, 7) is 0.566. The van der Waals surface area contributed by atoms with Gasteiger partial charge in [-0.05, 0) is 55.7 Å². The van der Waals surface area contributed by atoms with E-state index in [0.717, 1.165) is 23.8 Å². The lowest BCUT2D eigenvalue weighted by atomic mass is 9.97. The molecule has 4 rings (SSSR count). The number of pyridine rings is 1. The zero-order chi connectivity index (χ0) is 20.7. The molecule has 0 unspecified atom stereocenters. The Labute approximate surface area is 166 Å². The van der Waals surface area contributed by atoms with Gasteiger partial charge in [-0.15, -0.1) is 0 Å². The Morgan fingerprint density at radius 2 is 1.76 bits per heavy atom. The molecule has 3 heterocycles. The molecule has 150 valence electrons. The highest BCUT2D eigenvalue weighted by Gasteiger charge is 2.30. The number of fused-ring (bicyclic) bond motifs is 1. The van der Waals surface area contributed by atoms with Gasteiger partial charge in [0.2, 0.25) is 0 Å². The maximum atomic E-state index is 13.2. The molecule has 0 aliphatic carbocycles. The van der Waals surface area contributed by atoms with Gasteiger partial charge in [0.05, 0.1) is 17.1 Å². The van der Waals surface area contributed by atoms with E-state index in [0.29, 0.717) is 28.8 Å². The SMILES string of the molecule is Cn1c(=O)c2ccc([C@H]3CCCCN3C(=O)c3ccc(F)cc3)nc2n(C)c1=O. The highest BCUT2D eigenvalue weighted by atomic mass is 19.1. The first-order valence-corrected chi connectivity index (χ1v) is 9.51. The van der Waals surface area contributed by atoms with Crippen molar-refractivity contribution in [3.8, 4) is 0 Å². The van der Waals surface area contributed by atoms with E-state index in [1.54, 1.807) is 24.1 Å². The predicted octanol–water partition coefficient (Wildman–Crippen LogP) is 2.14. The van der Waals surface area contributed by atoms with E-state index in [1.165, 1.54) is 35.9 Å². The standard InChI is InChI=1S/C21H21FN4O3/c1-24-18-15(20(28)25(2)21(24)29)10-11-16(23-18)17-5-3-4-12-26(17)19(27)13-6-8-14(22)9-7-13/h6-11,17H,3-5,12H2,1-2H3/t17-/m1/s1. The molecule has 29 heavy (non-hydrogen) atoms. The van der Waals surface area contributed by atoms with Crippen molar-refractivity contribution in [2.45, 2.75) is 25.3 Å². The minimum Gasteiger partial charge on any atom is -0.330 e. The summed E-state index contributed by atoms with van der Waals surface area (Å²) < 4.78 is 15.6. The van der Waals surface area contributed by atoms with E-state index >= 15 is 0 Å². The number of benzene rings is 1. The fraction of sp³-hybridized carbons (Fsp3) is 0.333. The third-order valence-corrected chi connectivity index (χ3v) is 5.52. The minimum absolute atomic E-state index is 0.186. The van der Waals surface area contributed by atoms with Crippen LogP contribution in [0.15, 0.2) is 46.0 Å². The van der Waals surface area contributed by atoms with Crippen LogP contribution in [-0.4, -0.2) is 31.5 Å². The zero-order valence-corrected chi connectivity index (χ0v) is 16.3. The number of amides is 1. The number of rotatable bonds is 2. The van der Waals surface area contributed by atoms with Gasteiger partial charge in [0.1, 0.15) is 11.5 Å². The third kappa shape index (κ3) is 3.24. The van der Waals surface area contributed by atoms with Crippen LogP contribution in [-0.2, 0) is 14.1 Å². The van der Waals surface area contributed by atoms with Crippen LogP contribution < -0.4 is 11.2 Å². The van der Waals surface area contributed by atoms with Crippen molar-refractivity contribution in [1.82, 2.24) is 19.0 Å². The summed E-state index contributed by atoms with van der Waals surface area (Å²) in [5.74, 6) is -0.579. The first-order valence-electron chi connectivity index (χ1n) is 9.51. The number of piperidine rings is 1. The molecule has 1 aliphatic heterocycles. The third-order valence-electron chi connectivity index (χ3n) is 5.52. The van der Waals surface area contributed by atoms with Crippen molar-refractivity contribution < 1.29 is 9.18 Å². The van der Waals surface area contributed by atoms with E-state index in [9.17, 15) is 18.8 Å². The van der Waals surface area contributed by atoms with Gasteiger partial charge >= 0.3 is 5.69 Å². The molecule has 1 aromatic carbocycles. The lowest BCUT2D eigenvalue weighted by molar-refractivity contribution is 0.0606. The number of likely N-dealkylation sites (tertiary alicyclic amines) is 1. The van der Waals surface area contributed by atoms with Crippen molar-refractivity contribution in [2.75, 3.05) is 6.54 Å². The molecule has 0 radical (unpaired) electrons. The van der Waals surface area contributed by atoms with Crippen LogP contribution in [0.4, 0.5) is 4.39 Å². The first kappa shape index (κ1) is 19.0. The molecule has 0 saturated carbocycles. The highest BCUT2D eigenvalue weighted by Crippen LogP contribution is 2.31. The molecule has 1 fully saturated rings. The summed E-state index contributed by atoms with van der Waals surface area (Å²) in [5.41, 5.74) is 0.506. The fourth-order valence-corrected chi connectivity index (χ4v) is 3.89. The second-order valence-electron chi connectivity index (χ2n) is 7.33. The minimum atomic E-state index is -0.449. The quantitative estimate of drug-likeness (QED) is 0.665. The van der Waals surface area contributed by atoms with Crippen LogP contribution in [0.25, 0.3) is 11.0 Å². The number of aromatic nitrogens is 3. The number of carbonyl (C=O) groups excluding carboxylic acids is 1. The van der Waals surface area contributed by atoms with Crippen molar-refractivity contribution in [1.29, 1.82) is 0 Å². The van der Waals surface area contributed by atoms with E-state index < -0.39 is 17.1 Å². The van der Waals surface area contributed by atoms with E-state index in [4.69, 9.17) is 0 Å². The average molecular weight is 396 g/mol. The van der Waals surface area contributed by atoms with Crippen LogP contribution in [0, 0.1) is 5.82 Å². The molecule has 1 aliphatic rings. The number of hydrogen-bond donors (Lipinski definition) is 0. The molecule has 0 N–H and O–H groups in total. The van der Waals surface area contributed by atoms with Crippen molar-refractivity contribution in [3.05, 3.63) is 74.3 Å². The molecular formula is C21H21FN4O3. The molecule has 8 heteroatoms. The van der Waals surface area contributed by atoms with E-state index in [2.05, 4.69) is 4.98 Å². The second kappa shape index (κ2) is 7.27. The predicted molar refractivity (Wildman–Crippen MR) is 106 cm³/mol. The van der Waals surface area contributed by atoms with Crippen LogP contribution in [0.5, 0.6) is 0 Å². The second-order valence-corrected chi connectivity index (χ2v) is 7.33. The van der Waals surface area contributed by atoms with Gasteiger partial charge in [-0.25, -0.2) is 14.2 Å². The molecular weight excluding hydrogens is 375 g/mol. The first-order chi connectivity index (χ1) is 13.9. The molecule has 1 amide bonds. The molecule has 3 aromatic rings. The molecule has 7 nitrogen and oxygen atoms in total. The average Bonchev–Trinajstić information content (AvgIpc) is 2.76. The Morgan fingerprint density at radius 3 is 2.48 bits per heavy atom. The van der Waals surface area contributed by atoms with Crippen molar-refractivity contribution >= 4 is 16.9 Å². The molecule has 1 saturated heterocycles. The number of carbonyl (C=O) groups is 1. The molecule has 2 aromatic heterocycles. The number of halogens is 1. The lowest BCUT2D eigenvalue weighted by Crippen LogP contribution is -2.40. The Morgan fingerprint density at radius 1 is 1.03 bits per heavy atom. The van der Waals surface area contributed by atoms with Gasteiger partial charge in [0.25, 0.3) is 11.5 Å². The monoisotopic (exact) mass is 396 g/mol. The maximum Gasteiger partial charge on any atom is 0.332 e. The van der Waals surface area contributed by atoms with Gasteiger partial charge in [0, 0.05) is 26.2 Å². The molecule has 1 atom stereocenters. The lowest BCUT2D eigenvalue weighted by Gasteiger charge is -2.35. The summed E-state index contributed by atoms with van der Waals surface area (Å²) >= 11 is 0. The van der Waals surface area contributed by atoms with Gasteiger partial charge in [-0.2, -0.15) is 0 Å². The number of nitrogens with zero attached hydrogens (tertiary/aromatic N) is 4. The van der Waals surface area contributed by atoms with Gasteiger partial charge < -0.3 is 4.90 Å². The topological polar surface area (TPSA) is 77.2 Å². The summed E-state index contributed by atoms with van der Waals surface area (Å²) in [6, 6.07) is 8.63. The number of aryl methyl sites for hydroxylation is 1. The zero-order valence-electron chi connectivity index (χ0n) is 16.3. The van der Waals surface area contributed by atoms with Crippen LogP contribution >= 0.6 is 0 Å². The molecule has 0 bridgehead atoms. The Kier molecular flexibility index (Phi) is 4.77. The van der Waals surface area contributed by atoms with Crippen LogP contribution in [0.2, 0.25) is 0 Å². The molecule has 0 spiro atoms. The smallest absolute Gasteiger partial charge is 0.330 e.